The monoisotopic (exact) mass is 412 g/mol. The molecule has 24 heavy (non-hydrogen) atoms. The van der Waals surface area contributed by atoms with Gasteiger partial charge >= 0.3 is 0 Å². The second-order valence-electron chi connectivity index (χ2n) is 6.03. The number of nitrogens with zero attached hydrogens (tertiary/aromatic N) is 4. The van der Waals surface area contributed by atoms with Crippen LogP contribution in [0.1, 0.15) is 11.3 Å². The van der Waals surface area contributed by atoms with Gasteiger partial charge in [-0.1, -0.05) is 28.1 Å². The van der Waals surface area contributed by atoms with Crippen molar-refractivity contribution in [3.8, 4) is 0 Å². The van der Waals surface area contributed by atoms with Gasteiger partial charge in [-0.2, -0.15) is 9.40 Å². The van der Waals surface area contributed by atoms with Crippen LogP contribution in [-0.2, 0) is 23.6 Å². The number of aryl methyl sites for hydroxylation is 1. The van der Waals surface area contributed by atoms with E-state index in [1.807, 2.05) is 12.1 Å². The summed E-state index contributed by atoms with van der Waals surface area (Å²) in [5, 5.41) is 4.05. The first-order valence-corrected chi connectivity index (χ1v) is 10.1. The largest absolute Gasteiger partial charge is 0.296 e. The maximum atomic E-state index is 12.8. The van der Waals surface area contributed by atoms with Crippen molar-refractivity contribution < 1.29 is 8.42 Å². The molecule has 0 bridgehead atoms. The Morgan fingerprint density at radius 1 is 1.21 bits per heavy atom. The van der Waals surface area contributed by atoms with Crippen LogP contribution in [0.4, 0.5) is 0 Å². The van der Waals surface area contributed by atoms with Gasteiger partial charge in [-0.3, -0.25) is 9.58 Å². The number of aromatic nitrogens is 2. The Bertz CT molecular complexity index is 826. The van der Waals surface area contributed by atoms with Gasteiger partial charge in [0.1, 0.15) is 4.90 Å². The number of rotatable bonds is 4. The third kappa shape index (κ3) is 3.56. The van der Waals surface area contributed by atoms with Crippen LogP contribution < -0.4 is 0 Å². The molecule has 0 N–H and O–H groups in total. The minimum Gasteiger partial charge on any atom is -0.296 e. The van der Waals surface area contributed by atoms with Crippen molar-refractivity contribution in [3.63, 3.8) is 0 Å². The van der Waals surface area contributed by atoms with Crippen molar-refractivity contribution in [2.45, 2.75) is 18.4 Å². The first kappa shape index (κ1) is 17.6. The molecule has 0 spiro atoms. The van der Waals surface area contributed by atoms with Gasteiger partial charge in [-0.25, -0.2) is 8.42 Å². The van der Waals surface area contributed by atoms with Crippen LogP contribution in [0.25, 0.3) is 0 Å². The average Bonchev–Trinajstić information content (AvgIpc) is 2.88. The molecule has 0 atom stereocenters. The van der Waals surface area contributed by atoms with Crippen molar-refractivity contribution in [1.82, 2.24) is 19.0 Å². The van der Waals surface area contributed by atoms with Crippen molar-refractivity contribution >= 4 is 26.0 Å². The summed E-state index contributed by atoms with van der Waals surface area (Å²) in [5.74, 6) is 0. The van der Waals surface area contributed by atoms with Crippen LogP contribution >= 0.6 is 15.9 Å². The first-order chi connectivity index (χ1) is 11.4. The minimum atomic E-state index is -3.46. The van der Waals surface area contributed by atoms with E-state index in [0.29, 0.717) is 23.7 Å². The molecule has 1 aromatic carbocycles. The Balaban J connectivity index is 1.65. The van der Waals surface area contributed by atoms with E-state index < -0.39 is 10.0 Å². The van der Waals surface area contributed by atoms with Crippen molar-refractivity contribution in [1.29, 1.82) is 0 Å². The Morgan fingerprint density at radius 3 is 2.50 bits per heavy atom. The van der Waals surface area contributed by atoms with Crippen molar-refractivity contribution in [2.24, 2.45) is 7.05 Å². The molecule has 1 saturated heterocycles. The molecule has 0 saturated carbocycles. The Hall–Kier alpha value is -1.22. The summed E-state index contributed by atoms with van der Waals surface area (Å²) in [5.41, 5.74) is 1.90. The predicted octanol–water partition coefficient (Wildman–Crippen LogP) is 2.00. The fraction of sp³-hybridized carbons (Fsp3) is 0.438. The number of hydrogen-bond donors (Lipinski definition) is 0. The number of sulfonamides is 1. The van der Waals surface area contributed by atoms with Crippen LogP contribution in [0.3, 0.4) is 0 Å². The standard InChI is InChI=1S/C16H21BrN4O2S/c1-13-16(11-18-19(13)2)24(22,23)21-8-6-20(7-9-21)12-14-4-3-5-15(17)10-14/h3-5,10-11H,6-9,12H2,1-2H3. The summed E-state index contributed by atoms with van der Waals surface area (Å²) in [6.45, 7) is 5.08. The van der Waals surface area contributed by atoms with Crippen LogP contribution in [0, 0.1) is 6.92 Å². The van der Waals surface area contributed by atoms with Crippen molar-refractivity contribution in [2.75, 3.05) is 26.2 Å². The number of benzene rings is 1. The van der Waals surface area contributed by atoms with E-state index in [1.165, 1.54) is 11.8 Å². The topological polar surface area (TPSA) is 58.4 Å². The highest BCUT2D eigenvalue weighted by Gasteiger charge is 2.30. The SMILES string of the molecule is Cc1c(S(=O)(=O)N2CCN(Cc3cccc(Br)c3)CC2)cnn1C. The zero-order valence-corrected chi connectivity index (χ0v) is 16.2. The zero-order chi connectivity index (χ0) is 17.3. The van der Waals surface area contributed by atoms with Gasteiger partial charge in [-0.15, -0.1) is 0 Å². The fourth-order valence-electron chi connectivity index (χ4n) is 2.89. The van der Waals surface area contributed by atoms with E-state index in [0.717, 1.165) is 24.1 Å². The number of halogens is 1. The molecule has 0 unspecified atom stereocenters. The van der Waals surface area contributed by atoms with E-state index in [1.54, 1.807) is 23.0 Å². The van der Waals surface area contributed by atoms with Gasteiger partial charge < -0.3 is 0 Å². The smallest absolute Gasteiger partial charge is 0.246 e. The summed E-state index contributed by atoms with van der Waals surface area (Å²) in [6, 6.07) is 8.21. The molecule has 1 aliphatic heterocycles. The van der Waals surface area contributed by atoms with Crippen molar-refractivity contribution in [3.05, 3.63) is 46.2 Å². The third-order valence-electron chi connectivity index (χ3n) is 4.43. The highest BCUT2D eigenvalue weighted by Crippen LogP contribution is 2.21. The van der Waals surface area contributed by atoms with E-state index >= 15 is 0 Å². The normalized spacial score (nSPS) is 17.3. The molecule has 1 aliphatic rings. The third-order valence-corrected chi connectivity index (χ3v) is 6.93. The average molecular weight is 413 g/mol. The van der Waals surface area contributed by atoms with Gasteiger partial charge in [0.15, 0.2) is 0 Å². The quantitative estimate of drug-likeness (QED) is 0.770. The molecule has 6 nitrogen and oxygen atoms in total. The Kier molecular flexibility index (Phi) is 5.10. The highest BCUT2D eigenvalue weighted by atomic mass is 79.9. The maximum Gasteiger partial charge on any atom is 0.246 e. The first-order valence-electron chi connectivity index (χ1n) is 7.83. The van der Waals surface area contributed by atoms with Crippen LogP contribution in [-0.4, -0.2) is 53.6 Å². The molecule has 2 heterocycles. The summed E-state index contributed by atoms with van der Waals surface area (Å²) >= 11 is 3.48. The molecular weight excluding hydrogens is 392 g/mol. The van der Waals surface area contributed by atoms with Crippen LogP contribution in [0.15, 0.2) is 39.8 Å². The van der Waals surface area contributed by atoms with E-state index in [2.05, 4.69) is 38.1 Å². The molecule has 0 aliphatic carbocycles. The van der Waals surface area contributed by atoms with Crippen LogP contribution in [0.5, 0.6) is 0 Å². The number of hydrogen-bond acceptors (Lipinski definition) is 4. The van der Waals surface area contributed by atoms with Crippen LogP contribution in [0.2, 0.25) is 0 Å². The lowest BCUT2D eigenvalue weighted by atomic mass is 10.2. The molecule has 0 amide bonds. The summed E-state index contributed by atoms with van der Waals surface area (Å²) in [7, 11) is -1.70. The lowest BCUT2D eigenvalue weighted by Crippen LogP contribution is -2.48. The summed E-state index contributed by atoms with van der Waals surface area (Å²) in [4.78, 5) is 2.59. The molecule has 0 radical (unpaired) electrons. The van der Waals surface area contributed by atoms with E-state index in [-0.39, 0.29) is 0 Å². The zero-order valence-electron chi connectivity index (χ0n) is 13.8. The second kappa shape index (κ2) is 6.95. The van der Waals surface area contributed by atoms with Gasteiger partial charge in [0.2, 0.25) is 10.0 Å². The molecule has 3 rings (SSSR count). The Labute approximate surface area is 151 Å². The predicted molar refractivity (Wildman–Crippen MR) is 96.1 cm³/mol. The molecule has 1 fully saturated rings. The molecule has 2 aromatic rings. The lowest BCUT2D eigenvalue weighted by molar-refractivity contribution is 0.181. The number of piperazine rings is 1. The second-order valence-corrected chi connectivity index (χ2v) is 8.85. The van der Waals surface area contributed by atoms with E-state index in [4.69, 9.17) is 0 Å². The van der Waals surface area contributed by atoms with Gasteiger partial charge in [-0.05, 0) is 24.6 Å². The molecule has 8 heteroatoms. The lowest BCUT2D eigenvalue weighted by Gasteiger charge is -2.33. The molecule has 130 valence electrons. The van der Waals surface area contributed by atoms with Gasteiger partial charge in [0, 0.05) is 44.2 Å². The molecular formula is C16H21BrN4O2S. The van der Waals surface area contributed by atoms with Gasteiger partial charge in [0.05, 0.1) is 11.9 Å². The maximum absolute atomic E-state index is 12.8. The highest BCUT2D eigenvalue weighted by molar-refractivity contribution is 9.10. The molecule has 1 aromatic heterocycles. The fourth-order valence-corrected chi connectivity index (χ4v) is 4.95. The minimum absolute atomic E-state index is 0.311. The summed E-state index contributed by atoms with van der Waals surface area (Å²) < 4.78 is 29.8. The summed E-state index contributed by atoms with van der Waals surface area (Å²) in [6.07, 6.45) is 1.44. The van der Waals surface area contributed by atoms with Gasteiger partial charge in [0.25, 0.3) is 0 Å². The van der Waals surface area contributed by atoms with E-state index in [9.17, 15) is 8.42 Å². The Morgan fingerprint density at radius 2 is 1.92 bits per heavy atom.